The molecule has 4 aromatic rings. The number of aromatic amines is 1. The van der Waals surface area contributed by atoms with Crippen LogP contribution in [0.25, 0.3) is 16.9 Å². The van der Waals surface area contributed by atoms with Crippen LogP contribution in [0.15, 0.2) is 66.1 Å². The van der Waals surface area contributed by atoms with Crippen molar-refractivity contribution in [3.8, 4) is 11.3 Å². The van der Waals surface area contributed by atoms with Crippen LogP contribution in [0, 0.1) is 0 Å². The van der Waals surface area contributed by atoms with Crippen molar-refractivity contribution in [2.45, 2.75) is 52.2 Å². The summed E-state index contributed by atoms with van der Waals surface area (Å²) in [6.07, 6.45) is 8.65. The molecule has 2 N–H and O–H groups in total. The predicted molar refractivity (Wildman–Crippen MR) is 131 cm³/mol. The molecule has 3 aromatic heterocycles. The molecule has 168 valence electrons. The Balaban J connectivity index is 1.42. The fourth-order valence-electron chi connectivity index (χ4n) is 4.41. The molecule has 0 amide bonds. The van der Waals surface area contributed by atoms with Gasteiger partial charge < -0.3 is 10.3 Å². The van der Waals surface area contributed by atoms with Crippen molar-refractivity contribution in [2.75, 3.05) is 0 Å². The van der Waals surface area contributed by atoms with Crippen molar-refractivity contribution in [1.82, 2.24) is 29.9 Å². The Bertz CT molecular complexity index is 1330. The van der Waals surface area contributed by atoms with Crippen LogP contribution in [0.4, 0.5) is 0 Å². The highest BCUT2D eigenvalue weighted by Gasteiger charge is 2.22. The highest BCUT2D eigenvalue weighted by Crippen LogP contribution is 2.32. The molecule has 33 heavy (non-hydrogen) atoms. The van der Waals surface area contributed by atoms with Gasteiger partial charge in [0.05, 0.1) is 24.0 Å². The highest BCUT2D eigenvalue weighted by molar-refractivity contribution is 5.93. The summed E-state index contributed by atoms with van der Waals surface area (Å²) in [5.74, 6) is 1.40. The number of imidazole rings is 1. The zero-order valence-corrected chi connectivity index (χ0v) is 19.3. The molecule has 1 atom stereocenters. The second-order valence-electron chi connectivity index (χ2n) is 8.81. The van der Waals surface area contributed by atoms with E-state index in [1.54, 1.807) is 10.8 Å². The fourth-order valence-corrected chi connectivity index (χ4v) is 4.41. The molecular formula is C26H29N7. The van der Waals surface area contributed by atoms with Gasteiger partial charge in [-0.2, -0.15) is 5.10 Å². The van der Waals surface area contributed by atoms with Gasteiger partial charge in [0.1, 0.15) is 12.2 Å². The quantitative estimate of drug-likeness (QED) is 0.425. The van der Waals surface area contributed by atoms with Gasteiger partial charge in [0.25, 0.3) is 0 Å². The number of pyridine rings is 1. The summed E-state index contributed by atoms with van der Waals surface area (Å²) in [6, 6.07) is 12.7. The number of fused-ring (bicyclic) bond motifs is 1. The Kier molecular flexibility index (Phi) is 5.88. The van der Waals surface area contributed by atoms with Gasteiger partial charge in [-0.1, -0.05) is 44.2 Å². The van der Waals surface area contributed by atoms with Gasteiger partial charge in [-0.05, 0) is 48.6 Å². The molecule has 0 fully saturated rings. The third-order valence-corrected chi connectivity index (χ3v) is 6.02. The van der Waals surface area contributed by atoms with Crippen LogP contribution in [0.3, 0.4) is 0 Å². The van der Waals surface area contributed by atoms with E-state index in [2.05, 4.69) is 76.7 Å². The van der Waals surface area contributed by atoms with E-state index in [0.717, 1.165) is 47.1 Å². The Labute approximate surface area is 193 Å². The van der Waals surface area contributed by atoms with Gasteiger partial charge in [-0.15, -0.1) is 0 Å². The molecule has 1 aliphatic heterocycles. The van der Waals surface area contributed by atoms with Crippen LogP contribution < -0.4 is 5.32 Å². The van der Waals surface area contributed by atoms with Crippen LogP contribution in [0.5, 0.6) is 0 Å². The number of hydrogen-bond donors (Lipinski definition) is 2. The second kappa shape index (κ2) is 9.11. The van der Waals surface area contributed by atoms with E-state index in [4.69, 9.17) is 9.98 Å². The standard InChI is InChI=1S/C26H29N7/c1-17(2)21-9-5-4-8-19(21)13-27-14-23-31-25(20-11-12-24-28-16-29-33(24)15-20)26(32-23)22-10-6-7-18(3)30-22/h4-9,11-12,15-17,22,27H,10,13-14H2,1-3H3,(H,31,32). The number of aliphatic imine (C=N–C) groups is 1. The molecule has 1 aliphatic rings. The van der Waals surface area contributed by atoms with Gasteiger partial charge in [0.15, 0.2) is 5.65 Å². The van der Waals surface area contributed by atoms with E-state index >= 15 is 0 Å². The third kappa shape index (κ3) is 4.50. The molecule has 7 heteroatoms. The monoisotopic (exact) mass is 439 g/mol. The molecule has 0 spiro atoms. The molecular weight excluding hydrogens is 410 g/mol. The molecule has 7 nitrogen and oxygen atoms in total. The largest absolute Gasteiger partial charge is 0.342 e. The lowest BCUT2D eigenvalue weighted by Crippen LogP contribution is -2.15. The number of nitrogens with one attached hydrogen (secondary N) is 2. The Morgan fingerprint density at radius 1 is 1.15 bits per heavy atom. The number of benzene rings is 1. The van der Waals surface area contributed by atoms with Crippen LogP contribution >= 0.6 is 0 Å². The zero-order chi connectivity index (χ0) is 22.8. The number of rotatable bonds is 7. The summed E-state index contributed by atoms with van der Waals surface area (Å²) in [6.45, 7) is 7.95. The minimum absolute atomic E-state index is 0.0272. The van der Waals surface area contributed by atoms with E-state index in [1.807, 2.05) is 19.2 Å². The van der Waals surface area contributed by atoms with Gasteiger partial charge >= 0.3 is 0 Å². The molecule has 1 aromatic carbocycles. The van der Waals surface area contributed by atoms with Crippen molar-refractivity contribution in [3.05, 3.63) is 83.7 Å². The first-order chi connectivity index (χ1) is 16.1. The van der Waals surface area contributed by atoms with Crippen molar-refractivity contribution >= 4 is 11.4 Å². The predicted octanol–water partition coefficient (Wildman–Crippen LogP) is 4.99. The van der Waals surface area contributed by atoms with E-state index in [-0.39, 0.29) is 6.04 Å². The van der Waals surface area contributed by atoms with E-state index < -0.39 is 0 Å². The lowest BCUT2D eigenvalue weighted by Gasteiger charge is -2.15. The Hall–Kier alpha value is -3.58. The van der Waals surface area contributed by atoms with Gasteiger partial charge in [0.2, 0.25) is 0 Å². The minimum atomic E-state index is 0.0272. The number of allylic oxidation sites excluding steroid dienone is 1. The third-order valence-electron chi connectivity index (χ3n) is 6.02. The maximum absolute atomic E-state index is 4.99. The molecule has 0 bridgehead atoms. The smallest absolute Gasteiger partial charge is 0.155 e. The summed E-state index contributed by atoms with van der Waals surface area (Å²) in [4.78, 5) is 17.7. The zero-order valence-electron chi connectivity index (χ0n) is 19.3. The van der Waals surface area contributed by atoms with E-state index in [0.29, 0.717) is 12.5 Å². The highest BCUT2D eigenvalue weighted by atomic mass is 15.3. The molecule has 0 radical (unpaired) electrons. The summed E-state index contributed by atoms with van der Waals surface area (Å²) >= 11 is 0. The molecule has 4 heterocycles. The number of hydrogen-bond acceptors (Lipinski definition) is 5. The second-order valence-corrected chi connectivity index (χ2v) is 8.81. The first kappa shape index (κ1) is 21.3. The van der Waals surface area contributed by atoms with Crippen molar-refractivity contribution < 1.29 is 0 Å². The van der Waals surface area contributed by atoms with Crippen LogP contribution in [-0.2, 0) is 13.1 Å². The lowest BCUT2D eigenvalue weighted by atomic mass is 9.97. The summed E-state index contributed by atoms with van der Waals surface area (Å²) in [5, 5.41) is 7.86. The number of H-pyrrole nitrogens is 1. The minimum Gasteiger partial charge on any atom is -0.342 e. The van der Waals surface area contributed by atoms with E-state index in [9.17, 15) is 0 Å². The van der Waals surface area contributed by atoms with Crippen LogP contribution in [0.2, 0.25) is 0 Å². The van der Waals surface area contributed by atoms with Crippen molar-refractivity contribution in [2.24, 2.45) is 4.99 Å². The summed E-state index contributed by atoms with van der Waals surface area (Å²) in [5.41, 5.74) is 7.51. The van der Waals surface area contributed by atoms with Crippen LogP contribution in [-0.4, -0.2) is 30.3 Å². The van der Waals surface area contributed by atoms with Crippen molar-refractivity contribution in [1.29, 1.82) is 0 Å². The summed E-state index contributed by atoms with van der Waals surface area (Å²) < 4.78 is 1.78. The first-order valence-electron chi connectivity index (χ1n) is 11.5. The van der Waals surface area contributed by atoms with E-state index in [1.165, 1.54) is 11.1 Å². The number of nitrogens with zero attached hydrogens (tertiary/aromatic N) is 5. The van der Waals surface area contributed by atoms with Gasteiger partial charge in [0, 0.05) is 24.0 Å². The number of aromatic nitrogens is 5. The maximum atomic E-state index is 4.99. The maximum Gasteiger partial charge on any atom is 0.155 e. The Morgan fingerprint density at radius 3 is 2.88 bits per heavy atom. The molecule has 5 rings (SSSR count). The molecule has 1 unspecified atom stereocenters. The SMILES string of the molecule is CC1=NC(c2[nH]c(CNCc3ccccc3C(C)C)nc2-c2ccc3ncnn3c2)CC=C1. The molecule has 0 aliphatic carbocycles. The Morgan fingerprint density at radius 2 is 2.03 bits per heavy atom. The lowest BCUT2D eigenvalue weighted by molar-refractivity contribution is 0.653. The molecule has 0 saturated carbocycles. The summed E-state index contributed by atoms with van der Waals surface area (Å²) in [7, 11) is 0. The fraction of sp³-hybridized carbons (Fsp3) is 0.308. The van der Waals surface area contributed by atoms with Gasteiger partial charge in [-0.25, -0.2) is 14.5 Å². The average molecular weight is 440 g/mol. The number of dihydropyridines is 1. The molecule has 0 saturated heterocycles. The van der Waals surface area contributed by atoms with Crippen LogP contribution in [0.1, 0.15) is 61.8 Å². The van der Waals surface area contributed by atoms with Gasteiger partial charge in [-0.3, -0.25) is 4.99 Å². The average Bonchev–Trinajstić information content (AvgIpc) is 3.46. The normalized spacial score (nSPS) is 16.0. The first-order valence-corrected chi connectivity index (χ1v) is 11.5. The topological polar surface area (TPSA) is 83.3 Å². The van der Waals surface area contributed by atoms with Crippen molar-refractivity contribution in [3.63, 3.8) is 0 Å².